The van der Waals surface area contributed by atoms with E-state index in [4.69, 9.17) is 5.11 Å². The molecule has 1 atom stereocenters. The summed E-state index contributed by atoms with van der Waals surface area (Å²) in [5, 5.41) is 15.1. The van der Waals surface area contributed by atoms with Crippen molar-refractivity contribution in [2.75, 3.05) is 7.05 Å². The zero-order chi connectivity index (χ0) is 20.0. The Morgan fingerprint density at radius 2 is 1.93 bits per heavy atom. The fourth-order valence-corrected chi connectivity index (χ4v) is 2.51. The van der Waals surface area contributed by atoms with Crippen molar-refractivity contribution in [3.63, 3.8) is 0 Å². The standard InChI is InChI=1S/C19H21F4N3O/c1-12(14-4-3-5-16(9-14)19(21,22)23)26-18(24-2)25-10-13-6-7-17(20)15(8-13)11-27/h3-9,12,27H,10-11H2,1-2H3,(H2,24,25,26). The van der Waals surface area contributed by atoms with Gasteiger partial charge in [0.15, 0.2) is 5.96 Å². The van der Waals surface area contributed by atoms with Crippen molar-refractivity contribution in [2.45, 2.75) is 32.3 Å². The minimum absolute atomic E-state index is 0.189. The molecule has 2 aromatic rings. The van der Waals surface area contributed by atoms with E-state index in [1.54, 1.807) is 19.1 Å². The van der Waals surface area contributed by atoms with E-state index in [0.717, 1.165) is 17.7 Å². The molecule has 0 aromatic heterocycles. The number of alkyl halides is 3. The van der Waals surface area contributed by atoms with Gasteiger partial charge in [0.2, 0.25) is 0 Å². The molecule has 1 unspecified atom stereocenters. The number of rotatable bonds is 5. The third-order valence-electron chi connectivity index (χ3n) is 4.03. The molecule has 27 heavy (non-hydrogen) atoms. The molecule has 0 bridgehead atoms. The van der Waals surface area contributed by atoms with Crippen LogP contribution in [0.3, 0.4) is 0 Å². The summed E-state index contributed by atoms with van der Waals surface area (Å²) in [7, 11) is 1.54. The molecule has 0 spiro atoms. The molecule has 0 aliphatic rings. The Morgan fingerprint density at radius 3 is 2.56 bits per heavy atom. The first-order valence-electron chi connectivity index (χ1n) is 8.27. The van der Waals surface area contributed by atoms with E-state index >= 15 is 0 Å². The Balaban J connectivity index is 2.03. The van der Waals surface area contributed by atoms with Crippen LogP contribution in [0.2, 0.25) is 0 Å². The summed E-state index contributed by atoms with van der Waals surface area (Å²) in [6.07, 6.45) is -4.40. The molecular formula is C19H21F4N3O. The lowest BCUT2D eigenvalue weighted by molar-refractivity contribution is -0.137. The Kier molecular flexibility index (Phi) is 6.79. The maximum Gasteiger partial charge on any atom is 0.416 e. The molecule has 0 fully saturated rings. The van der Waals surface area contributed by atoms with Gasteiger partial charge in [0.25, 0.3) is 0 Å². The second-order valence-corrected chi connectivity index (χ2v) is 6.00. The van der Waals surface area contributed by atoms with Crippen molar-refractivity contribution >= 4 is 5.96 Å². The Labute approximate surface area is 154 Å². The topological polar surface area (TPSA) is 56.7 Å². The van der Waals surface area contributed by atoms with Gasteiger partial charge in [-0.1, -0.05) is 18.2 Å². The van der Waals surface area contributed by atoms with E-state index in [-0.39, 0.29) is 5.56 Å². The lowest BCUT2D eigenvalue weighted by Gasteiger charge is -2.19. The van der Waals surface area contributed by atoms with Gasteiger partial charge in [-0.05, 0) is 42.3 Å². The third kappa shape index (κ3) is 5.68. The fourth-order valence-electron chi connectivity index (χ4n) is 2.51. The van der Waals surface area contributed by atoms with Gasteiger partial charge in [-0.15, -0.1) is 0 Å². The quantitative estimate of drug-likeness (QED) is 0.419. The van der Waals surface area contributed by atoms with Gasteiger partial charge in [0.1, 0.15) is 5.82 Å². The van der Waals surface area contributed by atoms with Crippen LogP contribution in [0, 0.1) is 5.82 Å². The molecule has 2 rings (SSSR count). The van der Waals surface area contributed by atoms with Gasteiger partial charge < -0.3 is 15.7 Å². The van der Waals surface area contributed by atoms with E-state index in [1.807, 2.05) is 0 Å². The number of hydrogen-bond acceptors (Lipinski definition) is 2. The van der Waals surface area contributed by atoms with Crippen LogP contribution >= 0.6 is 0 Å². The van der Waals surface area contributed by atoms with Crippen molar-refractivity contribution in [1.82, 2.24) is 10.6 Å². The highest BCUT2D eigenvalue weighted by molar-refractivity contribution is 5.80. The monoisotopic (exact) mass is 383 g/mol. The number of aliphatic imine (C=N–C) groups is 1. The van der Waals surface area contributed by atoms with Gasteiger partial charge in [-0.25, -0.2) is 4.39 Å². The first-order chi connectivity index (χ1) is 12.7. The molecule has 8 heteroatoms. The molecule has 4 nitrogen and oxygen atoms in total. The predicted molar refractivity (Wildman–Crippen MR) is 95.5 cm³/mol. The normalized spacial score (nSPS) is 13.4. The first kappa shape index (κ1) is 20.7. The summed E-state index contributed by atoms with van der Waals surface area (Å²) < 4.78 is 52.0. The average Bonchev–Trinajstić information content (AvgIpc) is 2.65. The minimum Gasteiger partial charge on any atom is -0.392 e. The second-order valence-electron chi connectivity index (χ2n) is 6.00. The number of aliphatic hydroxyl groups is 1. The molecule has 0 amide bonds. The third-order valence-corrected chi connectivity index (χ3v) is 4.03. The van der Waals surface area contributed by atoms with Crippen LogP contribution in [0.15, 0.2) is 47.5 Å². The maximum absolute atomic E-state index is 13.4. The molecule has 0 saturated carbocycles. The molecule has 0 saturated heterocycles. The molecule has 2 aromatic carbocycles. The largest absolute Gasteiger partial charge is 0.416 e. The number of benzene rings is 2. The second kappa shape index (κ2) is 8.85. The van der Waals surface area contributed by atoms with E-state index in [0.29, 0.717) is 18.1 Å². The summed E-state index contributed by atoms with van der Waals surface area (Å²) in [4.78, 5) is 4.05. The number of nitrogens with one attached hydrogen (secondary N) is 2. The Bertz CT molecular complexity index is 806. The molecule has 0 aliphatic carbocycles. The maximum atomic E-state index is 13.4. The molecular weight excluding hydrogens is 362 g/mol. The summed E-state index contributed by atoms with van der Waals surface area (Å²) in [6, 6.07) is 9.05. The van der Waals surface area contributed by atoms with Crippen molar-refractivity contribution in [3.05, 3.63) is 70.5 Å². The molecule has 3 N–H and O–H groups in total. The smallest absolute Gasteiger partial charge is 0.392 e. The number of halogens is 4. The van der Waals surface area contributed by atoms with Gasteiger partial charge >= 0.3 is 6.18 Å². The van der Waals surface area contributed by atoms with Crippen molar-refractivity contribution in [3.8, 4) is 0 Å². The van der Waals surface area contributed by atoms with Crippen LogP contribution in [0.1, 0.15) is 35.2 Å². The van der Waals surface area contributed by atoms with Gasteiger partial charge in [-0.2, -0.15) is 13.2 Å². The number of nitrogens with zero attached hydrogens (tertiary/aromatic N) is 1. The van der Waals surface area contributed by atoms with Crippen molar-refractivity contribution in [2.24, 2.45) is 4.99 Å². The van der Waals surface area contributed by atoms with Crippen LogP contribution in [-0.4, -0.2) is 18.1 Å². The van der Waals surface area contributed by atoms with E-state index in [9.17, 15) is 17.6 Å². The number of guanidine groups is 1. The van der Waals surface area contributed by atoms with Crippen LogP contribution < -0.4 is 10.6 Å². The molecule has 0 aliphatic heterocycles. The van der Waals surface area contributed by atoms with E-state index < -0.39 is 30.2 Å². The summed E-state index contributed by atoms with van der Waals surface area (Å²) in [5.74, 6) is -0.100. The average molecular weight is 383 g/mol. The minimum atomic E-state index is -4.40. The summed E-state index contributed by atoms with van der Waals surface area (Å²) in [5.41, 5.74) is 0.682. The van der Waals surface area contributed by atoms with Crippen LogP contribution in [0.5, 0.6) is 0 Å². The Hall–Kier alpha value is -2.61. The fraction of sp³-hybridized carbons (Fsp3) is 0.316. The number of aliphatic hydroxyl groups excluding tert-OH is 1. The van der Waals surface area contributed by atoms with Crippen LogP contribution in [0.4, 0.5) is 17.6 Å². The predicted octanol–water partition coefficient (Wildman–Crippen LogP) is 3.76. The van der Waals surface area contributed by atoms with Crippen LogP contribution in [0.25, 0.3) is 0 Å². The molecule has 146 valence electrons. The molecule has 0 heterocycles. The Morgan fingerprint density at radius 1 is 1.19 bits per heavy atom. The zero-order valence-corrected chi connectivity index (χ0v) is 14.9. The number of hydrogen-bond donors (Lipinski definition) is 3. The van der Waals surface area contributed by atoms with Gasteiger partial charge in [-0.3, -0.25) is 4.99 Å². The van der Waals surface area contributed by atoms with Gasteiger partial charge in [0.05, 0.1) is 18.2 Å². The SMILES string of the molecule is CN=C(NCc1ccc(F)c(CO)c1)NC(C)c1cccc(C(F)(F)F)c1. The van der Waals surface area contributed by atoms with Crippen LogP contribution in [-0.2, 0) is 19.3 Å². The lowest BCUT2D eigenvalue weighted by atomic mass is 10.1. The first-order valence-corrected chi connectivity index (χ1v) is 8.27. The van der Waals surface area contributed by atoms with Crippen molar-refractivity contribution < 1.29 is 22.7 Å². The van der Waals surface area contributed by atoms with Gasteiger partial charge in [0, 0.05) is 19.2 Å². The summed E-state index contributed by atoms with van der Waals surface area (Å²) in [6.45, 7) is 1.63. The zero-order valence-electron chi connectivity index (χ0n) is 14.9. The van der Waals surface area contributed by atoms with E-state index in [2.05, 4.69) is 15.6 Å². The van der Waals surface area contributed by atoms with Crippen molar-refractivity contribution in [1.29, 1.82) is 0 Å². The summed E-state index contributed by atoms with van der Waals surface area (Å²) >= 11 is 0. The highest BCUT2D eigenvalue weighted by atomic mass is 19.4. The molecule has 0 radical (unpaired) electrons. The highest BCUT2D eigenvalue weighted by Crippen LogP contribution is 2.30. The van der Waals surface area contributed by atoms with E-state index in [1.165, 1.54) is 25.2 Å². The highest BCUT2D eigenvalue weighted by Gasteiger charge is 2.30. The lowest BCUT2D eigenvalue weighted by Crippen LogP contribution is -2.38.